The van der Waals surface area contributed by atoms with Crippen molar-refractivity contribution in [2.24, 2.45) is 11.8 Å². The number of aromatic nitrogens is 4. The minimum absolute atomic E-state index is 0. The highest BCUT2D eigenvalue weighted by molar-refractivity contribution is 5.84. The summed E-state index contributed by atoms with van der Waals surface area (Å²) in [5.41, 5.74) is 9.14. The molecule has 4 aliphatic heterocycles. The second-order valence-electron chi connectivity index (χ2n) is 20.3. The van der Waals surface area contributed by atoms with Gasteiger partial charge >= 0.3 is 0 Å². The second-order valence-corrected chi connectivity index (χ2v) is 20.3. The van der Waals surface area contributed by atoms with Crippen molar-refractivity contribution in [1.29, 1.82) is 0 Å². The number of anilines is 2. The molecule has 6 fully saturated rings. The molecule has 0 atom stereocenters. The molecule has 2 saturated carbocycles. The molecule has 8 heterocycles. The van der Waals surface area contributed by atoms with Gasteiger partial charge in [-0.15, -0.1) is 0 Å². The van der Waals surface area contributed by atoms with Gasteiger partial charge < -0.3 is 39.3 Å². The van der Waals surface area contributed by atoms with Gasteiger partial charge in [0, 0.05) is 166 Å². The van der Waals surface area contributed by atoms with Gasteiger partial charge in [-0.3, -0.25) is 19.4 Å². The molecule has 6 aliphatic rings. The summed E-state index contributed by atoms with van der Waals surface area (Å²) in [6.07, 6.45) is 12.2. The summed E-state index contributed by atoms with van der Waals surface area (Å²) in [5.74, 6) is 3.12. The maximum absolute atomic E-state index is 12.4. The molecule has 0 radical (unpaired) electrons. The topological polar surface area (TPSA) is 122 Å². The van der Waals surface area contributed by atoms with E-state index in [4.69, 9.17) is 9.47 Å². The Kier molecular flexibility index (Phi) is 16.1. The Morgan fingerprint density at radius 3 is 1.34 bits per heavy atom. The summed E-state index contributed by atoms with van der Waals surface area (Å²) in [5, 5.41) is 12.5. The predicted molar refractivity (Wildman–Crippen MR) is 290 cm³/mol. The van der Waals surface area contributed by atoms with E-state index in [0.29, 0.717) is 36.9 Å². The normalized spacial score (nSPS) is 19.1. The van der Waals surface area contributed by atoms with E-state index in [1.165, 1.54) is 11.4 Å². The van der Waals surface area contributed by atoms with Crippen LogP contribution in [-0.4, -0.2) is 193 Å². The smallest absolute Gasteiger partial charge is 0.225 e. The maximum Gasteiger partial charge on any atom is 0.225 e. The van der Waals surface area contributed by atoms with Crippen molar-refractivity contribution in [1.82, 2.24) is 49.0 Å². The molecule has 73 heavy (non-hydrogen) atoms. The third-order valence-corrected chi connectivity index (χ3v) is 15.5. The van der Waals surface area contributed by atoms with Gasteiger partial charge in [-0.1, -0.05) is 38.6 Å². The summed E-state index contributed by atoms with van der Waals surface area (Å²) in [6.45, 7) is 22.3. The van der Waals surface area contributed by atoms with Crippen LogP contribution in [0.15, 0.2) is 97.6 Å². The lowest BCUT2D eigenvalue weighted by Gasteiger charge is -2.36. The van der Waals surface area contributed by atoms with Gasteiger partial charge in [0.1, 0.15) is 24.7 Å². The van der Waals surface area contributed by atoms with Crippen molar-refractivity contribution in [3.05, 3.63) is 97.6 Å². The van der Waals surface area contributed by atoms with Crippen LogP contribution in [0.1, 0.15) is 40.0 Å². The van der Waals surface area contributed by atoms with E-state index in [-0.39, 0.29) is 7.43 Å². The lowest BCUT2D eigenvalue weighted by atomic mass is 10.1. The second kappa shape index (κ2) is 23.3. The van der Waals surface area contributed by atoms with E-state index in [9.17, 15) is 9.59 Å². The van der Waals surface area contributed by atoms with Crippen LogP contribution in [0.4, 0.5) is 11.4 Å². The molecule has 0 bridgehead atoms. The van der Waals surface area contributed by atoms with Gasteiger partial charge in [0.05, 0.1) is 22.4 Å². The molecule has 0 unspecified atom stereocenters. The van der Waals surface area contributed by atoms with Gasteiger partial charge in [-0.05, 0) is 91.9 Å². The zero-order chi connectivity index (χ0) is 48.8. The number of carbonyl (C=O) groups excluding carboxylic acids is 2. The van der Waals surface area contributed by atoms with Gasteiger partial charge in [0.25, 0.3) is 0 Å². The molecule has 16 heteroatoms. The number of ether oxygens (including phenoxy) is 2. The monoisotopic (exact) mass is 993 g/mol. The van der Waals surface area contributed by atoms with Crippen LogP contribution in [-0.2, 0) is 9.59 Å². The number of benzene rings is 2. The summed E-state index contributed by atoms with van der Waals surface area (Å²) >= 11 is 0. The first-order chi connectivity index (χ1) is 35.4. The number of amides is 2. The van der Waals surface area contributed by atoms with E-state index in [1.54, 1.807) is 0 Å². The Morgan fingerprint density at radius 1 is 0.521 bits per heavy atom. The minimum Gasteiger partial charge on any atom is -0.492 e. The molecule has 16 nitrogen and oxygen atoms in total. The molecule has 2 amide bonds. The highest BCUT2D eigenvalue weighted by atomic mass is 16.5. The van der Waals surface area contributed by atoms with Gasteiger partial charge in [0.2, 0.25) is 11.8 Å². The molecule has 0 spiro atoms. The van der Waals surface area contributed by atoms with Crippen molar-refractivity contribution in [3.63, 3.8) is 0 Å². The molecule has 12 rings (SSSR count). The Balaban J connectivity index is 0.000000165. The van der Waals surface area contributed by atoms with Crippen molar-refractivity contribution in [3.8, 4) is 33.8 Å². The Morgan fingerprint density at radius 2 is 0.932 bits per heavy atom. The summed E-state index contributed by atoms with van der Waals surface area (Å²) in [6, 6.07) is 25.4. The van der Waals surface area contributed by atoms with Gasteiger partial charge in [-0.25, -0.2) is 9.03 Å². The summed E-state index contributed by atoms with van der Waals surface area (Å²) in [4.78, 5) is 41.1. The highest BCUT2D eigenvalue weighted by Crippen LogP contribution is 2.35. The van der Waals surface area contributed by atoms with E-state index >= 15 is 0 Å². The van der Waals surface area contributed by atoms with Crippen molar-refractivity contribution >= 4 is 34.2 Å². The molecule has 4 aromatic heterocycles. The molecule has 2 aromatic carbocycles. The zero-order valence-corrected chi connectivity index (χ0v) is 42.1. The number of nitrogens with one attached hydrogen (secondary N) is 1. The fraction of sp³-hybridized carbons (Fsp3) is 0.509. The van der Waals surface area contributed by atoms with Crippen LogP contribution in [0, 0.1) is 11.8 Å². The van der Waals surface area contributed by atoms with Crippen molar-refractivity contribution in [2.45, 2.75) is 40.0 Å². The van der Waals surface area contributed by atoms with Crippen LogP contribution in [0.5, 0.6) is 11.5 Å². The van der Waals surface area contributed by atoms with Crippen LogP contribution in [0.3, 0.4) is 0 Å². The number of hydrogen-bond acceptors (Lipinski definition) is 12. The summed E-state index contributed by atoms with van der Waals surface area (Å²) in [7, 11) is 0. The van der Waals surface area contributed by atoms with Crippen molar-refractivity contribution < 1.29 is 19.1 Å². The highest BCUT2D eigenvalue weighted by Gasteiger charge is 2.36. The number of carbonyl (C=O) groups is 2. The fourth-order valence-electron chi connectivity index (χ4n) is 10.7. The Hall–Kier alpha value is -6.20. The quantitative estimate of drug-likeness (QED) is 0.129. The molecular weight excluding hydrogens is 917 g/mol. The Labute approximate surface area is 431 Å². The molecule has 2 aliphatic carbocycles. The third-order valence-electron chi connectivity index (χ3n) is 15.5. The van der Waals surface area contributed by atoms with Gasteiger partial charge in [-0.2, -0.15) is 10.2 Å². The van der Waals surface area contributed by atoms with Crippen molar-refractivity contribution in [2.75, 3.05) is 147 Å². The molecule has 1 N–H and O–H groups in total. The maximum atomic E-state index is 12.4. The molecule has 6 aromatic rings. The lowest BCUT2D eigenvalue weighted by Crippen LogP contribution is -2.49. The number of hydrogen-bond donors (Lipinski definition) is 1. The number of piperazine rings is 4. The van der Waals surface area contributed by atoms with E-state index in [1.807, 2.05) is 31.2 Å². The molecule has 4 saturated heterocycles. The standard InChI is InChI=1S/C29H38N6O2.C27H34N6O2.CH4/c1-2-31-11-13-32(14-12-31)19-20-37-26-7-5-23(6-8-26)25-21-28-27(9-10-30-35(28)22-25)33-15-17-34(18-16-33)29(36)24-3-4-24;34-27(22-1-2-22)32-15-13-31(14-16-32)25-7-8-29-33-20-23(19-26(25)33)21-3-5-24(6-4-21)35-18-17-30-11-9-28-10-12-30;/h5-10,21-22,24H,2-4,11-20H2,1H3;3-8,19-20,22,28H,1-2,9-18H2;1H4. The average Bonchev–Trinajstić information content (AvgIpc) is 4.38. The number of fused-ring (bicyclic) bond motifs is 2. The minimum atomic E-state index is 0. The first-order valence-electron chi connectivity index (χ1n) is 26.8. The van der Waals surface area contributed by atoms with Crippen LogP contribution < -0.4 is 24.6 Å². The SMILES string of the molecule is C.CCN1CCN(CCOc2ccc(-c3cc4c(N5CCN(C(=O)C6CC6)CC5)ccnn4c3)cc2)CC1.O=C(C1CC1)N1CCN(c2ccnn3cc(-c4ccc(OCCN5CCNCC5)cc4)cc23)CC1. The fourth-order valence-corrected chi connectivity index (χ4v) is 10.7. The summed E-state index contributed by atoms with van der Waals surface area (Å²) < 4.78 is 16.0. The number of likely N-dealkylation sites (N-methyl/N-ethyl adjacent to an activating group) is 1. The van der Waals surface area contributed by atoms with Crippen LogP contribution in [0.25, 0.3) is 33.3 Å². The third kappa shape index (κ3) is 12.3. The zero-order valence-electron chi connectivity index (χ0n) is 42.1. The molecule has 388 valence electrons. The van der Waals surface area contributed by atoms with Gasteiger partial charge in [0.15, 0.2) is 0 Å². The first kappa shape index (κ1) is 50.3. The average molecular weight is 993 g/mol. The Bertz CT molecular complexity index is 2740. The predicted octanol–water partition coefficient (Wildman–Crippen LogP) is 6.06. The number of nitrogens with zero attached hydrogens (tertiary/aromatic N) is 11. The molecular formula is C57H76N12O4. The largest absolute Gasteiger partial charge is 0.492 e. The van der Waals surface area contributed by atoms with E-state index in [0.717, 1.165) is 195 Å². The van der Waals surface area contributed by atoms with Crippen LogP contribution in [0.2, 0.25) is 0 Å². The first-order valence-corrected chi connectivity index (χ1v) is 26.8. The van der Waals surface area contributed by atoms with E-state index in [2.05, 4.69) is 132 Å². The van der Waals surface area contributed by atoms with E-state index < -0.39 is 0 Å². The van der Waals surface area contributed by atoms with Crippen LogP contribution >= 0.6 is 0 Å². The lowest BCUT2D eigenvalue weighted by molar-refractivity contribution is -0.133. The number of rotatable bonds is 15.